The number of carbonyl (C=O) groups is 2. The summed E-state index contributed by atoms with van der Waals surface area (Å²) in [6, 6.07) is 5.99. The van der Waals surface area contributed by atoms with Crippen LogP contribution >= 0.6 is 0 Å². The molecule has 182 valence electrons. The summed E-state index contributed by atoms with van der Waals surface area (Å²) in [5.74, 6) is 0.416. The van der Waals surface area contributed by atoms with Gasteiger partial charge >= 0.3 is 12.1 Å². The summed E-state index contributed by atoms with van der Waals surface area (Å²) < 4.78 is 17.0. The number of carbonyl (C=O) groups excluding carboxylic acids is 2. The van der Waals surface area contributed by atoms with E-state index in [4.69, 9.17) is 14.2 Å². The van der Waals surface area contributed by atoms with Gasteiger partial charge in [0.25, 0.3) is 0 Å². The van der Waals surface area contributed by atoms with Crippen LogP contribution in [0.5, 0.6) is 0 Å². The molecule has 1 amide bonds. The molecule has 1 atom stereocenters. The van der Waals surface area contributed by atoms with Crippen LogP contribution in [0, 0.1) is 5.41 Å². The van der Waals surface area contributed by atoms with Gasteiger partial charge < -0.3 is 14.2 Å². The lowest BCUT2D eigenvalue weighted by molar-refractivity contribution is -0.162. The molecule has 1 fully saturated rings. The van der Waals surface area contributed by atoms with Gasteiger partial charge in [-0.1, -0.05) is 18.7 Å². The maximum Gasteiger partial charge on any atom is 0.410 e. The van der Waals surface area contributed by atoms with Crippen molar-refractivity contribution in [3.63, 3.8) is 0 Å². The first kappa shape index (κ1) is 25.1. The van der Waals surface area contributed by atoms with E-state index in [1.165, 1.54) is 5.56 Å². The maximum atomic E-state index is 13.3. The van der Waals surface area contributed by atoms with Crippen LogP contribution in [0.1, 0.15) is 90.5 Å². The number of nitrogens with zero attached hydrogens (tertiary/aromatic N) is 1. The van der Waals surface area contributed by atoms with Gasteiger partial charge in [0.15, 0.2) is 0 Å². The van der Waals surface area contributed by atoms with Crippen LogP contribution in [-0.4, -0.2) is 41.3 Å². The smallest absolute Gasteiger partial charge is 0.410 e. The molecule has 0 heterocycles. The number of esters is 1. The number of hydrogen-bond donors (Lipinski definition) is 0. The van der Waals surface area contributed by atoms with Crippen molar-refractivity contribution >= 4 is 17.8 Å². The molecule has 0 saturated heterocycles. The summed E-state index contributed by atoms with van der Waals surface area (Å²) in [4.78, 5) is 28.1. The number of hydrogen-bond acceptors (Lipinski definition) is 5. The second-order valence-corrected chi connectivity index (χ2v) is 11.2. The quantitative estimate of drug-likeness (QED) is 0.369. The Morgan fingerprint density at radius 1 is 1.09 bits per heavy atom. The molecule has 6 nitrogen and oxygen atoms in total. The summed E-state index contributed by atoms with van der Waals surface area (Å²) in [5.41, 5.74) is 1.37. The second kappa shape index (κ2) is 9.03. The van der Waals surface area contributed by atoms with Gasteiger partial charge in [-0.2, -0.15) is 0 Å². The lowest BCUT2D eigenvalue weighted by atomic mass is 10.0. The Morgan fingerprint density at radius 2 is 1.73 bits per heavy atom. The summed E-state index contributed by atoms with van der Waals surface area (Å²) in [6.45, 7) is 18.0. The molecular weight excluding hydrogens is 418 g/mol. The second-order valence-electron chi connectivity index (χ2n) is 11.2. The lowest BCUT2D eigenvalue weighted by Crippen LogP contribution is -2.44. The van der Waals surface area contributed by atoms with Gasteiger partial charge in [0, 0.05) is 12.1 Å². The van der Waals surface area contributed by atoms with Crippen LogP contribution < -0.4 is 0 Å². The number of aryl methyl sites for hydroxylation is 1. The normalized spacial score (nSPS) is 18.8. The van der Waals surface area contributed by atoms with E-state index in [1.54, 1.807) is 4.90 Å². The van der Waals surface area contributed by atoms with Crippen LogP contribution in [0.4, 0.5) is 4.79 Å². The molecule has 0 bridgehead atoms. The van der Waals surface area contributed by atoms with E-state index in [9.17, 15) is 9.59 Å². The zero-order valence-corrected chi connectivity index (χ0v) is 21.2. The largest absolute Gasteiger partial charge is 0.494 e. The number of fused-ring (bicyclic) bond motifs is 1. The molecule has 1 unspecified atom stereocenters. The molecule has 33 heavy (non-hydrogen) atoms. The molecule has 1 saturated carbocycles. The van der Waals surface area contributed by atoms with Crippen molar-refractivity contribution in [2.45, 2.75) is 91.4 Å². The Labute approximate surface area is 198 Å². The predicted molar refractivity (Wildman–Crippen MR) is 129 cm³/mol. The minimum absolute atomic E-state index is 0.149. The SMILES string of the molecule is C=C(OCC)c1ccc2c(c1)CCC2N(CC1(C(=O)OC(C)(C)C)CC1)C(=O)OC(C)(C)C. The Morgan fingerprint density at radius 3 is 2.27 bits per heavy atom. The summed E-state index contributed by atoms with van der Waals surface area (Å²) in [5, 5.41) is 0. The first-order valence-corrected chi connectivity index (χ1v) is 11.9. The molecule has 0 spiro atoms. The van der Waals surface area contributed by atoms with E-state index in [-0.39, 0.29) is 12.0 Å². The van der Waals surface area contributed by atoms with Crippen molar-refractivity contribution in [1.82, 2.24) is 4.90 Å². The topological polar surface area (TPSA) is 65.1 Å². The molecule has 1 aromatic rings. The molecular formula is C27H39NO5. The highest BCUT2D eigenvalue weighted by atomic mass is 16.6. The predicted octanol–water partition coefficient (Wildman–Crippen LogP) is 6.04. The van der Waals surface area contributed by atoms with Crippen LogP contribution in [0.2, 0.25) is 0 Å². The van der Waals surface area contributed by atoms with Crippen molar-refractivity contribution in [3.05, 3.63) is 41.5 Å². The third-order valence-corrected chi connectivity index (χ3v) is 5.99. The molecule has 2 aliphatic rings. The Bertz CT molecular complexity index is 917. The van der Waals surface area contributed by atoms with Gasteiger partial charge in [0.2, 0.25) is 0 Å². The standard InChI is InChI=1S/C27H39NO5/c1-9-31-18(2)19-10-12-21-20(16-19)11-13-22(21)28(24(30)33-26(6,7)8)17-27(14-15-27)23(29)32-25(3,4)5/h10,12,16,22H,2,9,11,13-15,17H2,1,3-8H3. The van der Waals surface area contributed by atoms with Gasteiger partial charge in [-0.3, -0.25) is 9.69 Å². The molecule has 1 aromatic carbocycles. The Hall–Kier alpha value is -2.50. The van der Waals surface area contributed by atoms with E-state index in [2.05, 4.69) is 18.7 Å². The third kappa shape index (κ3) is 6.10. The van der Waals surface area contributed by atoms with Gasteiger partial charge in [0.1, 0.15) is 17.0 Å². The molecule has 6 heteroatoms. The van der Waals surface area contributed by atoms with Crippen molar-refractivity contribution in [1.29, 1.82) is 0 Å². The van der Waals surface area contributed by atoms with Crippen LogP contribution in [0.25, 0.3) is 5.76 Å². The van der Waals surface area contributed by atoms with E-state index in [0.29, 0.717) is 31.8 Å². The number of rotatable bonds is 7. The minimum atomic E-state index is -0.657. The van der Waals surface area contributed by atoms with Gasteiger partial charge in [0.05, 0.1) is 18.1 Å². The minimum Gasteiger partial charge on any atom is -0.494 e. The fourth-order valence-electron chi connectivity index (χ4n) is 4.26. The van der Waals surface area contributed by atoms with Crippen LogP contribution in [0.3, 0.4) is 0 Å². The lowest BCUT2D eigenvalue weighted by Gasteiger charge is -2.35. The maximum absolute atomic E-state index is 13.3. The summed E-state index contributed by atoms with van der Waals surface area (Å²) in [7, 11) is 0. The van der Waals surface area contributed by atoms with Gasteiger partial charge in [-0.25, -0.2) is 4.79 Å². The number of ether oxygens (including phenoxy) is 3. The fourth-order valence-corrected chi connectivity index (χ4v) is 4.26. The van der Waals surface area contributed by atoms with Crippen molar-refractivity contribution < 1.29 is 23.8 Å². The first-order valence-electron chi connectivity index (χ1n) is 11.9. The van der Waals surface area contributed by atoms with Crippen molar-refractivity contribution in [3.8, 4) is 0 Å². The van der Waals surface area contributed by atoms with Gasteiger partial charge in [-0.15, -0.1) is 0 Å². The highest BCUT2D eigenvalue weighted by Gasteiger charge is 2.55. The van der Waals surface area contributed by atoms with Crippen LogP contribution in [0.15, 0.2) is 24.8 Å². The zero-order valence-electron chi connectivity index (χ0n) is 21.2. The molecule has 0 aromatic heterocycles. The van der Waals surface area contributed by atoms with Crippen LogP contribution in [-0.2, 0) is 25.4 Å². The summed E-state index contributed by atoms with van der Waals surface area (Å²) >= 11 is 0. The molecule has 0 aliphatic heterocycles. The Balaban J connectivity index is 1.88. The first-order chi connectivity index (χ1) is 15.2. The molecule has 2 aliphatic carbocycles. The van der Waals surface area contributed by atoms with Crippen molar-refractivity contribution in [2.75, 3.05) is 13.2 Å². The third-order valence-electron chi connectivity index (χ3n) is 5.99. The Kier molecular flexibility index (Phi) is 6.88. The van der Waals surface area contributed by atoms with E-state index in [0.717, 1.165) is 24.0 Å². The number of benzene rings is 1. The fraction of sp³-hybridized carbons (Fsp3) is 0.630. The van der Waals surface area contributed by atoms with Crippen molar-refractivity contribution in [2.24, 2.45) is 5.41 Å². The van der Waals surface area contributed by atoms with E-state index < -0.39 is 22.7 Å². The molecule has 3 rings (SSSR count). The average Bonchev–Trinajstić information content (AvgIpc) is 3.35. The van der Waals surface area contributed by atoms with Gasteiger partial charge in [-0.05, 0) is 91.3 Å². The highest BCUT2D eigenvalue weighted by Crippen LogP contribution is 2.50. The summed E-state index contributed by atoms with van der Waals surface area (Å²) in [6.07, 6.45) is 2.66. The average molecular weight is 458 g/mol. The molecule has 0 radical (unpaired) electrons. The highest BCUT2D eigenvalue weighted by molar-refractivity contribution is 5.81. The molecule has 0 N–H and O–H groups in total. The van der Waals surface area contributed by atoms with E-state index >= 15 is 0 Å². The monoisotopic (exact) mass is 457 g/mol. The van der Waals surface area contributed by atoms with E-state index in [1.807, 2.05) is 54.5 Å². The zero-order chi connectivity index (χ0) is 24.6. The number of amides is 1.